The maximum atomic E-state index is 12.2. The number of hydrogen-bond donors (Lipinski definition) is 2. The predicted octanol–water partition coefficient (Wildman–Crippen LogP) is 1.55. The van der Waals surface area contributed by atoms with E-state index in [1.54, 1.807) is 0 Å². The molecular formula is C17H20N2O4. The number of para-hydroxylation sites is 1. The van der Waals surface area contributed by atoms with Crippen LogP contribution in [0, 0.1) is 0 Å². The van der Waals surface area contributed by atoms with Crippen molar-refractivity contribution in [3.05, 3.63) is 36.0 Å². The van der Waals surface area contributed by atoms with Gasteiger partial charge >= 0.3 is 5.97 Å². The topological polar surface area (TPSA) is 80.4 Å². The number of aromatic nitrogens is 1. The lowest BCUT2D eigenvalue weighted by atomic mass is 10.0. The minimum atomic E-state index is -0.726. The molecule has 1 aromatic heterocycles. The molecule has 0 aliphatic carbocycles. The molecule has 1 fully saturated rings. The molecule has 1 aromatic carbocycles. The molecule has 0 saturated carbocycles. The third kappa shape index (κ3) is 3.37. The molecule has 0 spiro atoms. The molecule has 1 aliphatic heterocycles. The molecule has 23 heavy (non-hydrogen) atoms. The van der Waals surface area contributed by atoms with Crippen molar-refractivity contribution in [1.29, 1.82) is 0 Å². The summed E-state index contributed by atoms with van der Waals surface area (Å²) in [6.07, 6.45) is 3.31. The number of carbonyl (C=O) groups excluding carboxylic acids is 2. The van der Waals surface area contributed by atoms with Crippen LogP contribution in [0.15, 0.2) is 30.5 Å². The number of fused-ring (bicyclic) bond motifs is 1. The molecular weight excluding hydrogens is 296 g/mol. The van der Waals surface area contributed by atoms with E-state index in [1.807, 2.05) is 30.5 Å². The lowest BCUT2D eigenvalue weighted by Crippen LogP contribution is -2.47. The summed E-state index contributed by atoms with van der Waals surface area (Å²) in [4.78, 5) is 27.4. The third-order valence-electron chi connectivity index (χ3n) is 4.12. The van der Waals surface area contributed by atoms with Crippen molar-refractivity contribution in [1.82, 2.24) is 10.3 Å². The van der Waals surface area contributed by atoms with E-state index in [4.69, 9.17) is 9.47 Å². The normalized spacial score (nSPS) is 18.7. The maximum absolute atomic E-state index is 12.2. The first-order valence-electron chi connectivity index (χ1n) is 7.74. The lowest BCUT2D eigenvalue weighted by Gasteiger charge is -2.18. The average Bonchev–Trinajstić information content (AvgIpc) is 3.23. The SMILES string of the molecule is COC(=O)C(Cc1c[nH]c2ccccc12)NC(=O)C1CCCO1. The Balaban J connectivity index is 1.76. The van der Waals surface area contributed by atoms with Crippen LogP contribution in [0.4, 0.5) is 0 Å². The van der Waals surface area contributed by atoms with Crippen LogP contribution < -0.4 is 5.32 Å². The van der Waals surface area contributed by atoms with Crippen molar-refractivity contribution in [2.75, 3.05) is 13.7 Å². The summed E-state index contributed by atoms with van der Waals surface area (Å²) in [5.74, 6) is -0.709. The highest BCUT2D eigenvalue weighted by molar-refractivity contribution is 5.88. The zero-order chi connectivity index (χ0) is 16.2. The molecule has 6 nitrogen and oxygen atoms in total. The zero-order valence-electron chi connectivity index (χ0n) is 13.0. The second-order valence-electron chi connectivity index (χ2n) is 5.65. The van der Waals surface area contributed by atoms with Crippen LogP contribution in [0.25, 0.3) is 10.9 Å². The number of H-pyrrole nitrogens is 1. The van der Waals surface area contributed by atoms with Crippen molar-refractivity contribution in [3.8, 4) is 0 Å². The standard InChI is InChI=1S/C17H20N2O4/c1-22-17(21)14(19-16(20)15-7-4-8-23-15)9-11-10-18-13-6-3-2-5-12(11)13/h2-3,5-6,10,14-15,18H,4,7-9H2,1H3,(H,19,20). The van der Waals surface area contributed by atoms with Crippen LogP contribution in [-0.2, 0) is 25.5 Å². The van der Waals surface area contributed by atoms with Crippen molar-refractivity contribution < 1.29 is 19.1 Å². The Hall–Kier alpha value is -2.34. The number of benzene rings is 1. The monoisotopic (exact) mass is 316 g/mol. The minimum Gasteiger partial charge on any atom is -0.467 e. The second-order valence-corrected chi connectivity index (χ2v) is 5.65. The summed E-state index contributed by atoms with van der Waals surface area (Å²) < 4.78 is 10.2. The lowest BCUT2D eigenvalue weighted by molar-refractivity contribution is -0.146. The zero-order valence-corrected chi connectivity index (χ0v) is 13.0. The maximum Gasteiger partial charge on any atom is 0.328 e. The number of aromatic amines is 1. The number of esters is 1. The van der Waals surface area contributed by atoms with Gasteiger partial charge in [-0.3, -0.25) is 4.79 Å². The largest absolute Gasteiger partial charge is 0.467 e. The smallest absolute Gasteiger partial charge is 0.328 e. The van der Waals surface area contributed by atoms with E-state index >= 15 is 0 Å². The molecule has 3 rings (SSSR count). The highest BCUT2D eigenvalue weighted by atomic mass is 16.5. The fraction of sp³-hybridized carbons (Fsp3) is 0.412. The summed E-state index contributed by atoms with van der Waals surface area (Å²) in [5, 5.41) is 3.80. The van der Waals surface area contributed by atoms with Crippen LogP contribution in [0.2, 0.25) is 0 Å². The van der Waals surface area contributed by atoms with Gasteiger partial charge in [0.05, 0.1) is 7.11 Å². The summed E-state index contributed by atoms with van der Waals surface area (Å²) in [6, 6.07) is 7.11. The fourth-order valence-electron chi connectivity index (χ4n) is 2.91. The molecule has 2 atom stereocenters. The second kappa shape index (κ2) is 6.83. The van der Waals surface area contributed by atoms with Gasteiger partial charge in [-0.05, 0) is 24.5 Å². The molecule has 1 amide bonds. The van der Waals surface area contributed by atoms with Gasteiger partial charge in [0.15, 0.2) is 0 Å². The van der Waals surface area contributed by atoms with E-state index in [2.05, 4.69) is 10.3 Å². The van der Waals surface area contributed by atoms with Crippen LogP contribution in [0.5, 0.6) is 0 Å². The van der Waals surface area contributed by atoms with Crippen LogP contribution in [0.1, 0.15) is 18.4 Å². The number of amides is 1. The van der Waals surface area contributed by atoms with Gasteiger partial charge in [0.2, 0.25) is 5.91 Å². The van der Waals surface area contributed by atoms with Gasteiger partial charge in [0.25, 0.3) is 0 Å². The molecule has 2 heterocycles. The number of hydrogen-bond acceptors (Lipinski definition) is 4. The Bertz CT molecular complexity index is 703. The van der Waals surface area contributed by atoms with Crippen LogP contribution in [-0.4, -0.2) is 42.7 Å². The number of rotatable bonds is 5. The summed E-state index contributed by atoms with van der Waals surface area (Å²) in [5.41, 5.74) is 1.96. The van der Waals surface area contributed by atoms with Crippen LogP contribution in [0.3, 0.4) is 0 Å². The van der Waals surface area contributed by atoms with Gasteiger partial charge in [0, 0.05) is 30.1 Å². The third-order valence-corrected chi connectivity index (χ3v) is 4.12. The number of carbonyl (C=O) groups is 2. The molecule has 1 saturated heterocycles. The van der Waals surface area contributed by atoms with E-state index in [-0.39, 0.29) is 5.91 Å². The average molecular weight is 316 g/mol. The van der Waals surface area contributed by atoms with Crippen molar-refractivity contribution >= 4 is 22.8 Å². The van der Waals surface area contributed by atoms with Gasteiger partial charge in [0.1, 0.15) is 12.1 Å². The summed E-state index contributed by atoms with van der Waals surface area (Å²) >= 11 is 0. The minimum absolute atomic E-state index is 0.252. The van der Waals surface area contributed by atoms with Crippen molar-refractivity contribution in [2.45, 2.75) is 31.4 Å². The molecule has 0 radical (unpaired) electrons. The number of ether oxygens (including phenoxy) is 2. The van der Waals surface area contributed by atoms with Gasteiger partial charge in [-0.1, -0.05) is 18.2 Å². The Morgan fingerprint density at radius 1 is 1.43 bits per heavy atom. The first kappa shape index (κ1) is 15.6. The fourth-order valence-corrected chi connectivity index (χ4v) is 2.91. The molecule has 122 valence electrons. The summed E-state index contributed by atoms with van der Waals surface area (Å²) in [6.45, 7) is 0.587. The Kier molecular flexibility index (Phi) is 4.62. The first-order chi connectivity index (χ1) is 11.2. The Labute approximate surface area is 134 Å². The quantitative estimate of drug-likeness (QED) is 0.820. The molecule has 0 bridgehead atoms. The number of nitrogens with one attached hydrogen (secondary N) is 2. The first-order valence-corrected chi connectivity index (χ1v) is 7.74. The van der Waals surface area contributed by atoms with E-state index in [9.17, 15) is 9.59 Å². The van der Waals surface area contributed by atoms with Gasteiger partial charge in [-0.2, -0.15) is 0 Å². The predicted molar refractivity (Wildman–Crippen MR) is 84.9 cm³/mol. The molecule has 2 aromatic rings. The molecule has 2 N–H and O–H groups in total. The van der Waals surface area contributed by atoms with Crippen molar-refractivity contribution in [2.24, 2.45) is 0 Å². The summed E-state index contributed by atoms with van der Waals surface area (Å²) in [7, 11) is 1.32. The Morgan fingerprint density at radius 3 is 3.00 bits per heavy atom. The highest BCUT2D eigenvalue weighted by Gasteiger charge is 2.29. The highest BCUT2D eigenvalue weighted by Crippen LogP contribution is 2.20. The molecule has 6 heteroatoms. The van der Waals surface area contributed by atoms with Crippen LogP contribution >= 0.6 is 0 Å². The van der Waals surface area contributed by atoms with Gasteiger partial charge in [-0.15, -0.1) is 0 Å². The van der Waals surface area contributed by atoms with E-state index in [0.717, 1.165) is 22.9 Å². The van der Waals surface area contributed by atoms with E-state index in [1.165, 1.54) is 7.11 Å². The van der Waals surface area contributed by atoms with Gasteiger partial charge < -0.3 is 19.8 Å². The Morgan fingerprint density at radius 2 is 2.26 bits per heavy atom. The van der Waals surface area contributed by atoms with E-state index < -0.39 is 18.1 Å². The number of methoxy groups -OCH3 is 1. The molecule has 1 aliphatic rings. The molecule has 2 unspecified atom stereocenters. The van der Waals surface area contributed by atoms with Gasteiger partial charge in [-0.25, -0.2) is 4.79 Å². The van der Waals surface area contributed by atoms with E-state index in [0.29, 0.717) is 19.4 Å². The van der Waals surface area contributed by atoms with Crippen molar-refractivity contribution in [3.63, 3.8) is 0 Å².